The number of amides is 1. The highest BCUT2D eigenvalue weighted by molar-refractivity contribution is 5.97. The molecule has 1 aromatic carbocycles. The Morgan fingerprint density at radius 3 is 2.71 bits per heavy atom. The van der Waals surface area contributed by atoms with Crippen LogP contribution in [0.5, 0.6) is 0 Å². The second-order valence-electron chi connectivity index (χ2n) is 8.01. The van der Waals surface area contributed by atoms with E-state index in [1.807, 2.05) is 60.8 Å². The smallest absolute Gasteiger partial charge is 0.228 e. The van der Waals surface area contributed by atoms with Gasteiger partial charge in [0, 0.05) is 40.4 Å². The second kappa shape index (κ2) is 8.25. The van der Waals surface area contributed by atoms with E-state index in [9.17, 15) is 4.79 Å². The molecule has 8 nitrogen and oxygen atoms in total. The molecule has 0 saturated carbocycles. The predicted molar refractivity (Wildman–Crippen MR) is 131 cm³/mol. The first-order valence-electron chi connectivity index (χ1n) is 10.8. The van der Waals surface area contributed by atoms with E-state index in [0.717, 1.165) is 50.0 Å². The molecule has 5 aromatic heterocycles. The van der Waals surface area contributed by atoms with Gasteiger partial charge < -0.3 is 10.3 Å². The van der Waals surface area contributed by atoms with E-state index in [4.69, 9.17) is 0 Å². The summed E-state index contributed by atoms with van der Waals surface area (Å²) in [7, 11) is 0. The lowest BCUT2D eigenvalue weighted by molar-refractivity contribution is -0.115. The van der Waals surface area contributed by atoms with Crippen molar-refractivity contribution in [1.82, 2.24) is 30.1 Å². The molecule has 1 amide bonds. The number of nitrogens with one attached hydrogen (secondary N) is 3. The number of nitrogens with zero attached hydrogens (tertiary/aromatic N) is 4. The van der Waals surface area contributed by atoms with E-state index >= 15 is 0 Å². The Kier molecular flexibility index (Phi) is 4.81. The lowest BCUT2D eigenvalue weighted by atomic mass is 10.1. The Labute approximate surface area is 194 Å². The molecule has 0 unspecified atom stereocenters. The van der Waals surface area contributed by atoms with Gasteiger partial charge in [-0.3, -0.25) is 24.8 Å². The normalized spacial score (nSPS) is 11.2. The number of benzene rings is 1. The van der Waals surface area contributed by atoms with Crippen LogP contribution in [0.3, 0.4) is 0 Å². The zero-order chi connectivity index (χ0) is 22.9. The van der Waals surface area contributed by atoms with E-state index in [1.54, 1.807) is 24.8 Å². The Morgan fingerprint density at radius 1 is 0.912 bits per heavy atom. The average Bonchev–Trinajstić information content (AvgIpc) is 3.48. The highest BCUT2D eigenvalue weighted by Crippen LogP contribution is 2.30. The molecule has 5 heterocycles. The number of carbonyl (C=O) groups is 1. The van der Waals surface area contributed by atoms with E-state index in [1.165, 1.54) is 0 Å². The Morgan fingerprint density at radius 2 is 1.82 bits per heavy atom. The maximum Gasteiger partial charge on any atom is 0.228 e. The number of carbonyl (C=O) groups excluding carboxylic acids is 1. The van der Waals surface area contributed by atoms with Crippen molar-refractivity contribution in [2.75, 3.05) is 5.32 Å². The minimum Gasteiger partial charge on any atom is -0.353 e. The van der Waals surface area contributed by atoms with Crippen LogP contribution in [0.2, 0.25) is 0 Å². The van der Waals surface area contributed by atoms with Gasteiger partial charge in [0.1, 0.15) is 5.69 Å². The predicted octanol–water partition coefficient (Wildman–Crippen LogP) is 4.74. The quantitative estimate of drug-likeness (QED) is 0.355. The summed E-state index contributed by atoms with van der Waals surface area (Å²) in [5.74, 6) is -0.0982. The van der Waals surface area contributed by atoms with E-state index in [2.05, 4.69) is 35.5 Å². The summed E-state index contributed by atoms with van der Waals surface area (Å²) in [5.41, 5.74) is 6.63. The Balaban J connectivity index is 1.30. The first-order valence-corrected chi connectivity index (χ1v) is 10.8. The fourth-order valence-electron chi connectivity index (χ4n) is 4.01. The van der Waals surface area contributed by atoms with Crippen LogP contribution in [0.25, 0.3) is 44.5 Å². The van der Waals surface area contributed by atoms with Crippen molar-refractivity contribution in [2.24, 2.45) is 0 Å². The van der Waals surface area contributed by atoms with Gasteiger partial charge in [0.15, 0.2) is 0 Å². The number of rotatable bonds is 5. The fraction of sp³-hybridized carbons (Fsp3) is 0.0385. The summed E-state index contributed by atoms with van der Waals surface area (Å²) in [6.45, 7) is 0. The number of H-pyrrole nitrogens is 2. The summed E-state index contributed by atoms with van der Waals surface area (Å²) >= 11 is 0. The topological polar surface area (TPSA) is 112 Å². The minimum absolute atomic E-state index is 0.0982. The van der Waals surface area contributed by atoms with Crippen LogP contribution in [-0.4, -0.2) is 36.0 Å². The maximum absolute atomic E-state index is 12.5. The molecule has 6 rings (SSSR count). The highest BCUT2D eigenvalue weighted by atomic mass is 16.1. The van der Waals surface area contributed by atoms with Crippen molar-refractivity contribution in [3.63, 3.8) is 0 Å². The lowest BCUT2D eigenvalue weighted by Crippen LogP contribution is -2.14. The molecule has 164 valence electrons. The summed E-state index contributed by atoms with van der Waals surface area (Å²) in [4.78, 5) is 28.9. The molecule has 8 heteroatoms. The molecule has 0 bridgehead atoms. The molecule has 0 aliphatic carbocycles. The molecule has 0 spiro atoms. The molecular formula is C26H19N7O. The molecule has 0 aliphatic rings. The van der Waals surface area contributed by atoms with Gasteiger partial charge in [0.25, 0.3) is 0 Å². The SMILES string of the molecule is O=C(Cc1ccccc1)Nc1cncc(-c2cc3c(-c4cc5cnccc5[nH]4)n[nH]c3cn2)c1. The highest BCUT2D eigenvalue weighted by Gasteiger charge is 2.14. The number of anilines is 1. The average molecular weight is 445 g/mol. The molecule has 3 N–H and O–H groups in total. The lowest BCUT2D eigenvalue weighted by Gasteiger charge is -2.07. The van der Waals surface area contributed by atoms with Gasteiger partial charge in [0.2, 0.25) is 5.91 Å². The van der Waals surface area contributed by atoms with Crippen LogP contribution in [-0.2, 0) is 11.2 Å². The number of hydrogen-bond acceptors (Lipinski definition) is 5. The number of fused-ring (bicyclic) bond motifs is 2. The summed E-state index contributed by atoms with van der Waals surface area (Å²) < 4.78 is 0. The van der Waals surface area contributed by atoms with Gasteiger partial charge in [-0.25, -0.2) is 0 Å². The summed E-state index contributed by atoms with van der Waals surface area (Å²) in [5, 5.41) is 12.4. The van der Waals surface area contributed by atoms with Gasteiger partial charge in [0.05, 0.1) is 41.4 Å². The third kappa shape index (κ3) is 3.77. The molecule has 0 radical (unpaired) electrons. The van der Waals surface area contributed by atoms with Gasteiger partial charge in [-0.1, -0.05) is 30.3 Å². The monoisotopic (exact) mass is 445 g/mol. The van der Waals surface area contributed by atoms with Crippen LogP contribution in [0.15, 0.2) is 85.6 Å². The molecule has 34 heavy (non-hydrogen) atoms. The Hall–Kier alpha value is -4.85. The number of pyridine rings is 3. The molecule has 0 atom stereocenters. The van der Waals surface area contributed by atoms with E-state index in [-0.39, 0.29) is 5.91 Å². The maximum atomic E-state index is 12.5. The largest absolute Gasteiger partial charge is 0.353 e. The molecule has 6 aromatic rings. The van der Waals surface area contributed by atoms with Crippen molar-refractivity contribution in [3.05, 3.63) is 91.1 Å². The zero-order valence-electron chi connectivity index (χ0n) is 18.0. The van der Waals surface area contributed by atoms with Crippen LogP contribution in [0.4, 0.5) is 5.69 Å². The minimum atomic E-state index is -0.0982. The number of hydrogen-bond donors (Lipinski definition) is 3. The first kappa shape index (κ1) is 19.8. The molecule has 0 fully saturated rings. The van der Waals surface area contributed by atoms with Crippen molar-refractivity contribution in [2.45, 2.75) is 6.42 Å². The molecular weight excluding hydrogens is 426 g/mol. The van der Waals surface area contributed by atoms with Crippen LogP contribution < -0.4 is 5.32 Å². The molecule has 0 saturated heterocycles. The van der Waals surface area contributed by atoms with Crippen molar-refractivity contribution < 1.29 is 4.79 Å². The van der Waals surface area contributed by atoms with Crippen LogP contribution in [0.1, 0.15) is 5.56 Å². The van der Waals surface area contributed by atoms with E-state index < -0.39 is 0 Å². The third-order valence-electron chi connectivity index (χ3n) is 5.65. The van der Waals surface area contributed by atoms with Gasteiger partial charge in [-0.15, -0.1) is 0 Å². The number of aromatic amines is 2. The molecule has 0 aliphatic heterocycles. The van der Waals surface area contributed by atoms with Crippen molar-refractivity contribution in [3.8, 4) is 22.6 Å². The van der Waals surface area contributed by atoms with Crippen molar-refractivity contribution >= 4 is 33.4 Å². The van der Waals surface area contributed by atoms with Crippen molar-refractivity contribution in [1.29, 1.82) is 0 Å². The van der Waals surface area contributed by atoms with Crippen LogP contribution in [0, 0.1) is 0 Å². The zero-order valence-corrected chi connectivity index (χ0v) is 18.0. The van der Waals surface area contributed by atoms with Gasteiger partial charge in [-0.05, 0) is 29.8 Å². The standard InChI is InChI=1S/C26H19N7O/c34-25(8-16-4-2-1-3-5-16)30-19-9-17(13-28-14-19)22-11-20-24(15-29-22)32-33-26(20)23-10-18-12-27-7-6-21(18)31-23/h1-7,9-15,31H,8H2,(H,30,34)(H,32,33). The third-order valence-corrected chi connectivity index (χ3v) is 5.65. The summed E-state index contributed by atoms with van der Waals surface area (Å²) in [6, 6.07) is 17.4. The summed E-state index contributed by atoms with van der Waals surface area (Å²) in [6.07, 6.45) is 8.99. The number of aromatic nitrogens is 6. The van der Waals surface area contributed by atoms with Gasteiger partial charge >= 0.3 is 0 Å². The first-order chi connectivity index (χ1) is 16.7. The van der Waals surface area contributed by atoms with E-state index in [0.29, 0.717) is 12.1 Å². The van der Waals surface area contributed by atoms with Gasteiger partial charge in [-0.2, -0.15) is 5.10 Å². The van der Waals surface area contributed by atoms with Crippen LogP contribution >= 0.6 is 0 Å². The fourth-order valence-corrected chi connectivity index (χ4v) is 4.01. The second-order valence-corrected chi connectivity index (χ2v) is 8.01. The Bertz CT molecular complexity index is 1600.